The highest BCUT2D eigenvalue weighted by Crippen LogP contribution is 1.96. The Morgan fingerprint density at radius 1 is 1.54 bits per heavy atom. The first-order valence-electron chi connectivity index (χ1n) is 3.40. The van der Waals surface area contributed by atoms with Crippen molar-refractivity contribution in [3.63, 3.8) is 0 Å². The maximum atomic E-state index is 11.3. The molecule has 2 rings (SSSR count). The van der Waals surface area contributed by atoms with E-state index in [1.54, 1.807) is 0 Å². The Morgan fingerprint density at radius 3 is 3.08 bits per heavy atom. The fourth-order valence-corrected chi connectivity index (χ4v) is 0.768. The van der Waals surface area contributed by atoms with Crippen LogP contribution in [-0.2, 0) is 0 Å². The van der Waals surface area contributed by atoms with Crippen LogP contribution in [0.25, 0.3) is 0 Å². The molecule has 1 amide bonds. The number of anilines is 1. The second-order valence-corrected chi connectivity index (χ2v) is 2.16. The fourth-order valence-electron chi connectivity index (χ4n) is 0.768. The van der Waals surface area contributed by atoms with Gasteiger partial charge in [-0.05, 0) is 10.4 Å². The Morgan fingerprint density at radius 2 is 2.46 bits per heavy atom. The molecule has 2 heterocycles. The average molecular weight is 179 g/mol. The smallest absolute Gasteiger partial charge is 0.278 e. The van der Waals surface area contributed by atoms with Gasteiger partial charge in [0, 0.05) is 6.20 Å². The number of tetrazole rings is 1. The number of hydrogen-bond donors (Lipinski definition) is 3. The number of carbonyl (C=O) groups excluding carboxylic acids is 1. The third-order valence-corrected chi connectivity index (χ3v) is 1.31. The number of rotatable bonds is 2. The number of nitrogens with one attached hydrogen (secondary N) is 3. The molecule has 0 fully saturated rings. The Bertz CT molecular complexity index is 377. The monoisotopic (exact) mass is 179 g/mol. The van der Waals surface area contributed by atoms with Crippen molar-refractivity contribution in [2.45, 2.75) is 0 Å². The van der Waals surface area contributed by atoms with Crippen LogP contribution in [0, 0.1) is 0 Å². The molecular formula is C5H5N7O. The molecule has 8 heteroatoms. The quantitative estimate of drug-likeness (QED) is 0.557. The molecule has 13 heavy (non-hydrogen) atoms. The number of aromatic nitrogens is 6. The number of carbonyl (C=O) groups is 1. The molecule has 66 valence electrons. The summed E-state index contributed by atoms with van der Waals surface area (Å²) < 4.78 is 0. The molecule has 0 aliphatic rings. The maximum Gasteiger partial charge on any atom is 0.278 e. The lowest BCUT2D eigenvalue weighted by molar-refractivity contribution is 0.102. The van der Waals surface area contributed by atoms with Crippen LogP contribution in [0.1, 0.15) is 10.5 Å². The van der Waals surface area contributed by atoms with E-state index < -0.39 is 0 Å². The minimum absolute atomic E-state index is 0.188. The molecule has 0 aliphatic carbocycles. The fraction of sp³-hybridized carbons (Fsp3) is 0. The van der Waals surface area contributed by atoms with E-state index in [1.807, 2.05) is 0 Å². The van der Waals surface area contributed by atoms with Crippen molar-refractivity contribution >= 4 is 11.9 Å². The van der Waals surface area contributed by atoms with Crippen molar-refractivity contribution < 1.29 is 4.79 Å². The molecule has 2 aromatic rings. The highest BCUT2D eigenvalue weighted by atomic mass is 16.2. The van der Waals surface area contributed by atoms with Gasteiger partial charge in [-0.3, -0.25) is 10.1 Å². The number of nitrogens with zero attached hydrogens (tertiary/aromatic N) is 4. The molecular weight excluding hydrogens is 174 g/mol. The first-order chi connectivity index (χ1) is 6.36. The molecule has 0 unspecified atom stereocenters. The second-order valence-electron chi connectivity index (χ2n) is 2.16. The van der Waals surface area contributed by atoms with Crippen LogP contribution < -0.4 is 5.32 Å². The van der Waals surface area contributed by atoms with Gasteiger partial charge in [0.25, 0.3) is 5.91 Å². The van der Waals surface area contributed by atoms with E-state index in [0.717, 1.165) is 0 Å². The Hall–Kier alpha value is -2.25. The normalized spacial score (nSPS) is 9.85. The highest BCUT2D eigenvalue weighted by Gasteiger charge is 2.08. The summed E-state index contributed by atoms with van der Waals surface area (Å²) in [5.41, 5.74) is 0.274. The molecule has 0 aromatic carbocycles. The first kappa shape index (κ1) is 7.40. The van der Waals surface area contributed by atoms with Crippen molar-refractivity contribution in [1.82, 2.24) is 30.6 Å². The van der Waals surface area contributed by atoms with E-state index in [-0.39, 0.29) is 17.5 Å². The van der Waals surface area contributed by atoms with Crippen LogP contribution in [0.2, 0.25) is 0 Å². The van der Waals surface area contributed by atoms with Crippen LogP contribution in [0.3, 0.4) is 0 Å². The zero-order valence-corrected chi connectivity index (χ0v) is 6.35. The number of amides is 1. The highest BCUT2D eigenvalue weighted by molar-refractivity contribution is 6.01. The van der Waals surface area contributed by atoms with Gasteiger partial charge in [-0.25, -0.2) is 10.1 Å². The lowest BCUT2D eigenvalue weighted by Crippen LogP contribution is -2.13. The van der Waals surface area contributed by atoms with E-state index in [2.05, 4.69) is 35.9 Å². The van der Waals surface area contributed by atoms with E-state index in [1.165, 1.54) is 12.5 Å². The third-order valence-electron chi connectivity index (χ3n) is 1.31. The molecule has 0 aliphatic heterocycles. The summed E-state index contributed by atoms with van der Waals surface area (Å²) in [4.78, 5) is 17.7. The zero-order chi connectivity index (χ0) is 9.10. The second kappa shape index (κ2) is 3.01. The van der Waals surface area contributed by atoms with Crippen molar-refractivity contribution in [2.75, 3.05) is 5.32 Å². The summed E-state index contributed by atoms with van der Waals surface area (Å²) >= 11 is 0. The van der Waals surface area contributed by atoms with Crippen molar-refractivity contribution in [2.24, 2.45) is 0 Å². The lowest BCUT2D eigenvalue weighted by atomic mass is 10.4. The van der Waals surface area contributed by atoms with Crippen molar-refractivity contribution in [3.8, 4) is 0 Å². The topological polar surface area (TPSA) is 112 Å². The summed E-state index contributed by atoms with van der Waals surface area (Å²) in [5.74, 6) is -0.187. The number of hydrogen-bond acceptors (Lipinski definition) is 5. The van der Waals surface area contributed by atoms with Crippen LogP contribution in [-0.4, -0.2) is 36.5 Å². The van der Waals surface area contributed by atoms with Gasteiger partial charge in [0.2, 0.25) is 5.95 Å². The van der Waals surface area contributed by atoms with Crippen LogP contribution >= 0.6 is 0 Å². The molecule has 0 saturated carbocycles. The average Bonchev–Trinajstić information content (AvgIpc) is 2.74. The predicted molar refractivity (Wildman–Crippen MR) is 40.7 cm³/mol. The predicted octanol–water partition coefficient (Wildman–Crippen LogP) is -0.825. The Kier molecular flexibility index (Phi) is 1.71. The van der Waals surface area contributed by atoms with Crippen LogP contribution in [0.5, 0.6) is 0 Å². The van der Waals surface area contributed by atoms with Gasteiger partial charge < -0.3 is 4.98 Å². The summed E-state index contributed by atoms with van der Waals surface area (Å²) in [6.07, 6.45) is 2.88. The zero-order valence-electron chi connectivity index (χ0n) is 6.35. The molecule has 0 bridgehead atoms. The van der Waals surface area contributed by atoms with Gasteiger partial charge in [0.05, 0.1) is 6.33 Å². The van der Waals surface area contributed by atoms with E-state index in [9.17, 15) is 4.79 Å². The maximum absolute atomic E-state index is 11.3. The largest absolute Gasteiger partial charge is 0.350 e. The minimum Gasteiger partial charge on any atom is -0.350 e. The molecule has 8 nitrogen and oxygen atoms in total. The van der Waals surface area contributed by atoms with Crippen molar-refractivity contribution in [1.29, 1.82) is 0 Å². The summed E-state index contributed by atoms with van der Waals surface area (Å²) in [6, 6.07) is 0. The minimum atomic E-state index is -0.375. The molecule has 2 aromatic heterocycles. The van der Waals surface area contributed by atoms with E-state index in [0.29, 0.717) is 0 Å². The number of imidazole rings is 1. The lowest BCUT2D eigenvalue weighted by Gasteiger charge is -1.94. The van der Waals surface area contributed by atoms with Gasteiger partial charge in [-0.2, -0.15) is 0 Å². The molecule has 0 spiro atoms. The summed E-state index contributed by atoms with van der Waals surface area (Å²) in [5, 5.41) is 14.9. The van der Waals surface area contributed by atoms with E-state index >= 15 is 0 Å². The SMILES string of the molecule is O=C(Nc1nnn[nH]1)c1c[nH]cn1. The molecule has 3 N–H and O–H groups in total. The Balaban J connectivity index is 2.08. The third kappa shape index (κ3) is 1.50. The van der Waals surface area contributed by atoms with E-state index in [4.69, 9.17) is 0 Å². The van der Waals surface area contributed by atoms with Gasteiger partial charge in [0.1, 0.15) is 5.69 Å². The molecule has 0 atom stereocenters. The Labute approximate surface area is 71.8 Å². The first-order valence-corrected chi connectivity index (χ1v) is 3.40. The number of H-pyrrole nitrogens is 2. The van der Waals surface area contributed by atoms with Gasteiger partial charge in [-0.1, -0.05) is 5.10 Å². The summed E-state index contributed by atoms with van der Waals surface area (Å²) in [7, 11) is 0. The summed E-state index contributed by atoms with van der Waals surface area (Å²) in [6.45, 7) is 0. The van der Waals surface area contributed by atoms with Gasteiger partial charge >= 0.3 is 0 Å². The van der Waals surface area contributed by atoms with Crippen LogP contribution in [0.4, 0.5) is 5.95 Å². The van der Waals surface area contributed by atoms with Gasteiger partial charge in [0.15, 0.2) is 0 Å². The number of aromatic amines is 2. The van der Waals surface area contributed by atoms with Gasteiger partial charge in [-0.15, -0.1) is 0 Å². The molecule has 0 saturated heterocycles. The standard InChI is InChI=1S/C5H5N7O/c13-4(3-1-6-2-7-3)8-5-9-11-12-10-5/h1-2H,(H,6,7)(H2,8,9,10,11,12,13). The van der Waals surface area contributed by atoms with Crippen molar-refractivity contribution in [3.05, 3.63) is 18.2 Å². The van der Waals surface area contributed by atoms with Crippen LogP contribution in [0.15, 0.2) is 12.5 Å². The molecule has 0 radical (unpaired) electrons.